The van der Waals surface area contributed by atoms with Crippen molar-refractivity contribution in [2.24, 2.45) is 0 Å². The SMILES string of the molecule is C=CC(=O)N(C)CC(=O)Nc1cncnc1-c1ccc(CNC(=O)c2cn(C(C)(C)C)nn2)c(C)c1. The first-order valence-corrected chi connectivity index (χ1v) is 11.3. The number of hydrogen-bond acceptors (Lipinski definition) is 7. The minimum Gasteiger partial charge on any atom is -0.347 e. The predicted molar refractivity (Wildman–Crippen MR) is 135 cm³/mol. The van der Waals surface area contributed by atoms with Gasteiger partial charge in [0.1, 0.15) is 6.33 Å². The van der Waals surface area contributed by atoms with Crippen LogP contribution in [0.15, 0.2) is 49.6 Å². The van der Waals surface area contributed by atoms with Gasteiger partial charge in [-0.3, -0.25) is 14.4 Å². The molecular weight excluding hydrogens is 460 g/mol. The molecule has 11 heteroatoms. The topological polar surface area (TPSA) is 135 Å². The zero-order valence-corrected chi connectivity index (χ0v) is 21.1. The van der Waals surface area contributed by atoms with Gasteiger partial charge in [0, 0.05) is 19.2 Å². The van der Waals surface area contributed by atoms with Gasteiger partial charge in [-0.2, -0.15) is 0 Å². The first-order valence-electron chi connectivity index (χ1n) is 11.3. The van der Waals surface area contributed by atoms with Crippen LogP contribution in [0.25, 0.3) is 11.3 Å². The molecule has 0 saturated carbocycles. The second-order valence-corrected chi connectivity index (χ2v) is 9.27. The van der Waals surface area contributed by atoms with Gasteiger partial charge in [-0.25, -0.2) is 14.6 Å². The Morgan fingerprint density at radius 2 is 1.97 bits per heavy atom. The van der Waals surface area contributed by atoms with Crippen molar-refractivity contribution in [1.82, 2.24) is 35.2 Å². The standard InChI is InChI=1S/C25H30N8O3/c1-7-22(35)32(6)14-21(34)29-19-12-26-15-28-23(19)17-8-9-18(16(2)10-17)11-27-24(36)20-13-33(31-30-20)25(3,4)5/h7-10,12-13,15H,1,11,14H2,2-6H3,(H,27,36)(H,29,34). The quantitative estimate of drug-likeness (QED) is 0.463. The van der Waals surface area contributed by atoms with Crippen LogP contribution < -0.4 is 10.6 Å². The lowest BCUT2D eigenvalue weighted by Gasteiger charge is -2.17. The Morgan fingerprint density at radius 1 is 1.22 bits per heavy atom. The summed E-state index contributed by atoms with van der Waals surface area (Å²) in [6, 6.07) is 5.67. The maximum atomic E-state index is 12.5. The highest BCUT2D eigenvalue weighted by Crippen LogP contribution is 2.27. The van der Waals surface area contributed by atoms with Crippen LogP contribution in [0.5, 0.6) is 0 Å². The van der Waals surface area contributed by atoms with E-state index in [1.807, 2.05) is 45.9 Å². The number of rotatable bonds is 8. The fourth-order valence-electron chi connectivity index (χ4n) is 3.29. The van der Waals surface area contributed by atoms with Gasteiger partial charge >= 0.3 is 0 Å². The van der Waals surface area contributed by atoms with Gasteiger partial charge in [-0.15, -0.1) is 5.10 Å². The summed E-state index contributed by atoms with van der Waals surface area (Å²) >= 11 is 0. The lowest BCUT2D eigenvalue weighted by atomic mass is 10.0. The Bertz CT molecular complexity index is 1290. The zero-order chi connectivity index (χ0) is 26.5. The third-order valence-electron chi connectivity index (χ3n) is 5.39. The van der Waals surface area contributed by atoms with Crippen LogP contribution in [-0.2, 0) is 21.7 Å². The van der Waals surface area contributed by atoms with Crippen LogP contribution in [-0.4, -0.2) is 61.2 Å². The highest BCUT2D eigenvalue weighted by molar-refractivity contribution is 5.98. The summed E-state index contributed by atoms with van der Waals surface area (Å²) in [5.74, 6) is -1.05. The van der Waals surface area contributed by atoms with Crippen LogP contribution in [0, 0.1) is 6.92 Å². The number of aromatic nitrogens is 5. The number of nitrogens with one attached hydrogen (secondary N) is 2. The molecular formula is C25H30N8O3. The highest BCUT2D eigenvalue weighted by atomic mass is 16.2. The van der Waals surface area contributed by atoms with Gasteiger partial charge in [0.25, 0.3) is 5.91 Å². The second-order valence-electron chi connectivity index (χ2n) is 9.27. The number of carbonyl (C=O) groups is 3. The van der Waals surface area contributed by atoms with E-state index in [0.29, 0.717) is 17.9 Å². The molecule has 1 aromatic carbocycles. The molecule has 0 atom stereocenters. The van der Waals surface area contributed by atoms with E-state index in [4.69, 9.17) is 0 Å². The van der Waals surface area contributed by atoms with E-state index in [2.05, 4.69) is 37.5 Å². The average Bonchev–Trinajstić information content (AvgIpc) is 3.34. The van der Waals surface area contributed by atoms with Crippen LogP contribution >= 0.6 is 0 Å². The normalized spacial score (nSPS) is 11.0. The number of likely N-dealkylation sites (N-methyl/N-ethyl adjacent to an activating group) is 1. The molecule has 3 aromatic rings. The minimum absolute atomic E-state index is 0.139. The Hall–Kier alpha value is -4.41. The molecule has 0 radical (unpaired) electrons. The van der Waals surface area contributed by atoms with E-state index in [9.17, 15) is 14.4 Å². The summed E-state index contributed by atoms with van der Waals surface area (Å²) in [6.45, 7) is 11.4. The summed E-state index contributed by atoms with van der Waals surface area (Å²) in [4.78, 5) is 46.2. The van der Waals surface area contributed by atoms with Crippen LogP contribution in [0.2, 0.25) is 0 Å². The number of aryl methyl sites for hydroxylation is 1. The van der Waals surface area contributed by atoms with Crippen molar-refractivity contribution in [3.63, 3.8) is 0 Å². The maximum Gasteiger partial charge on any atom is 0.273 e. The van der Waals surface area contributed by atoms with Crippen molar-refractivity contribution in [3.05, 3.63) is 66.4 Å². The zero-order valence-electron chi connectivity index (χ0n) is 21.1. The van der Waals surface area contributed by atoms with Crippen LogP contribution in [0.3, 0.4) is 0 Å². The van der Waals surface area contributed by atoms with Gasteiger partial charge < -0.3 is 15.5 Å². The van der Waals surface area contributed by atoms with E-state index in [1.54, 1.807) is 10.9 Å². The number of hydrogen-bond donors (Lipinski definition) is 2. The number of carbonyl (C=O) groups excluding carboxylic acids is 3. The first-order chi connectivity index (χ1) is 17.0. The molecule has 2 heterocycles. The van der Waals surface area contributed by atoms with Crippen molar-refractivity contribution in [2.75, 3.05) is 18.9 Å². The van der Waals surface area contributed by atoms with E-state index in [1.165, 1.54) is 24.5 Å². The molecule has 36 heavy (non-hydrogen) atoms. The van der Waals surface area contributed by atoms with Crippen LogP contribution in [0.1, 0.15) is 42.4 Å². The summed E-state index contributed by atoms with van der Waals surface area (Å²) in [7, 11) is 1.51. The minimum atomic E-state index is -0.386. The third kappa shape index (κ3) is 6.38. The number of anilines is 1. The molecule has 0 aliphatic carbocycles. The third-order valence-corrected chi connectivity index (χ3v) is 5.39. The van der Waals surface area contributed by atoms with Gasteiger partial charge in [-0.1, -0.05) is 23.9 Å². The highest BCUT2D eigenvalue weighted by Gasteiger charge is 2.19. The Kier molecular flexibility index (Phi) is 7.93. The van der Waals surface area contributed by atoms with Gasteiger partial charge in [0.05, 0.1) is 35.9 Å². The number of amides is 3. The van der Waals surface area contributed by atoms with Crippen molar-refractivity contribution in [3.8, 4) is 11.3 Å². The second kappa shape index (κ2) is 10.9. The molecule has 0 spiro atoms. The number of benzene rings is 1. The van der Waals surface area contributed by atoms with Crippen molar-refractivity contribution in [2.45, 2.75) is 39.8 Å². The largest absolute Gasteiger partial charge is 0.347 e. The molecule has 2 aromatic heterocycles. The average molecular weight is 491 g/mol. The lowest BCUT2D eigenvalue weighted by molar-refractivity contribution is -0.129. The van der Waals surface area contributed by atoms with Crippen molar-refractivity contribution < 1.29 is 14.4 Å². The van der Waals surface area contributed by atoms with Gasteiger partial charge in [0.2, 0.25) is 11.8 Å². The molecule has 0 bridgehead atoms. The van der Waals surface area contributed by atoms with Crippen LogP contribution in [0.4, 0.5) is 5.69 Å². The first kappa shape index (κ1) is 26.2. The smallest absolute Gasteiger partial charge is 0.273 e. The molecule has 0 aliphatic heterocycles. The van der Waals surface area contributed by atoms with Crippen molar-refractivity contribution >= 4 is 23.4 Å². The molecule has 0 saturated heterocycles. The van der Waals surface area contributed by atoms with Crippen molar-refractivity contribution in [1.29, 1.82) is 0 Å². The van der Waals surface area contributed by atoms with E-state index in [0.717, 1.165) is 22.8 Å². The number of nitrogens with zero attached hydrogens (tertiary/aromatic N) is 6. The Balaban J connectivity index is 1.70. The molecule has 0 unspecified atom stereocenters. The van der Waals surface area contributed by atoms with Gasteiger partial charge in [-0.05, 0) is 51.0 Å². The lowest BCUT2D eigenvalue weighted by Crippen LogP contribution is -2.33. The molecule has 0 fully saturated rings. The molecule has 11 nitrogen and oxygen atoms in total. The fraction of sp³-hybridized carbons (Fsp3) is 0.320. The monoisotopic (exact) mass is 490 g/mol. The molecule has 188 valence electrons. The molecule has 2 N–H and O–H groups in total. The summed E-state index contributed by atoms with van der Waals surface area (Å²) in [6.07, 6.45) is 5.67. The summed E-state index contributed by atoms with van der Waals surface area (Å²) in [5.41, 5.74) is 3.55. The van der Waals surface area contributed by atoms with E-state index < -0.39 is 0 Å². The molecule has 3 amide bonds. The summed E-state index contributed by atoms with van der Waals surface area (Å²) < 4.78 is 1.65. The predicted octanol–water partition coefficient (Wildman–Crippen LogP) is 2.31. The van der Waals surface area contributed by atoms with E-state index >= 15 is 0 Å². The maximum absolute atomic E-state index is 12.5. The fourth-order valence-corrected chi connectivity index (χ4v) is 3.29. The van der Waals surface area contributed by atoms with Gasteiger partial charge in [0.15, 0.2) is 5.69 Å². The Labute approximate surface area is 209 Å². The molecule has 3 rings (SSSR count). The Morgan fingerprint density at radius 3 is 2.61 bits per heavy atom. The molecule has 0 aliphatic rings. The summed E-state index contributed by atoms with van der Waals surface area (Å²) in [5, 5.41) is 13.6. The van der Waals surface area contributed by atoms with E-state index in [-0.39, 0.29) is 35.5 Å².